The third-order valence-corrected chi connectivity index (χ3v) is 4.52. The first-order valence-electron chi connectivity index (χ1n) is 8.50. The Balaban J connectivity index is 1.80. The molecule has 152 valence electrons. The summed E-state index contributed by atoms with van der Waals surface area (Å²) >= 11 is 3.39. The molecule has 0 heterocycles. The van der Waals surface area contributed by atoms with Crippen molar-refractivity contribution in [1.29, 1.82) is 0 Å². The van der Waals surface area contributed by atoms with Crippen LogP contribution < -0.4 is 15.5 Å². The molecule has 10 heteroatoms. The number of hydrazone groups is 1. The zero-order chi connectivity index (χ0) is 21.4. The Morgan fingerprint density at radius 1 is 1.21 bits per heavy atom. The summed E-state index contributed by atoms with van der Waals surface area (Å²) in [5.41, 5.74) is 3.84. The molecule has 9 nitrogen and oxygen atoms in total. The average molecular weight is 463 g/mol. The fourth-order valence-corrected chi connectivity index (χ4v) is 2.47. The molecule has 29 heavy (non-hydrogen) atoms. The quantitative estimate of drug-likeness (QED) is 0.352. The summed E-state index contributed by atoms with van der Waals surface area (Å²) in [4.78, 5) is 34.1. The van der Waals surface area contributed by atoms with Gasteiger partial charge in [0, 0.05) is 28.0 Å². The molecule has 0 aliphatic rings. The summed E-state index contributed by atoms with van der Waals surface area (Å²) in [5.74, 6) is -0.329. The first-order valence-corrected chi connectivity index (χ1v) is 9.29. The molecule has 0 unspecified atom stereocenters. The second-order valence-electron chi connectivity index (χ2n) is 6.11. The molecule has 2 rings (SSSR count). The highest BCUT2D eigenvalue weighted by molar-refractivity contribution is 9.10. The lowest BCUT2D eigenvalue weighted by molar-refractivity contribution is -0.384. The predicted octanol–water partition coefficient (Wildman–Crippen LogP) is 3.57. The van der Waals surface area contributed by atoms with Crippen LogP contribution in [-0.4, -0.2) is 29.1 Å². The van der Waals surface area contributed by atoms with E-state index in [1.54, 1.807) is 25.1 Å². The van der Waals surface area contributed by atoms with Crippen LogP contribution in [0.2, 0.25) is 0 Å². The lowest BCUT2D eigenvalue weighted by atomic mass is 10.2. The van der Waals surface area contributed by atoms with E-state index in [-0.39, 0.29) is 18.7 Å². The largest absolute Gasteiger partial charge is 0.484 e. The number of nitrogens with zero attached hydrogens (tertiary/aromatic N) is 2. The number of carbonyl (C=O) groups is 2. The molecule has 0 fully saturated rings. The molecule has 0 radical (unpaired) electrons. The Kier molecular flexibility index (Phi) is 7.84. The summed E-state index contributed by atoms with van der Waals surface area (Å²) < 4.78 is 6.33. The number of amides is 2. The second-order valence-corrected chi connectivity index (χ2v) is 6.97. The highest BCUT2D eigenvalue weighted by Gasteiger charge is 2.10. The van der Waals surface area contributed by atoms with Gasteiger partial charge in [0.05, 0.1) is 11.3 Å². The van der Waals surface area contributed by atoms with Gasteiger partial charge in [-0.2, -0.15) is 5.10 Å². The number of halogens is 1. The van der Waals surface area contributed by atoms with Crippen LogP contribution in [0.3, 0.4) is 0 Å². The minimum Gasteiger partial charge on any atom is -0.484 e. The number of carbonyl (C=O) groups excluding carboxylic acids is 2. The topological polar surface area (TPSA) is 123 Å². The van der Waals surface area contributed by atoms with Gasteiger partial charge in [-0.25, -0.2) is 5.43 Å². The van der Waals surface area contributed by atoms with Crippen LogP contribution in [0, 0.1) is 17.0 Å². The van der Waals surface area contributed by atoms with E-state index in [1.165, 1.54) is 18.2 Å². The van der Waals surface area contributed by atoms with Crippen molar-refractivity contribution in [2.45, 2.75) is 20.3 Å². The van der Waals surface area contributed by atoms with Gasteiger partial charge in [0.25, 0.3) is 11.6 Å². The molecule has 2 amide bonds. The summed E-state index contributed by atoms with van der Waals surface area (Å²) in [6, 6.07) is 11.0. The summed E-state index contributed by atoms with van der Waals surface area (Å²) in [6.45, 7) is 3.26. The van der Waals surface area contributed by atoms with Crippen molar-refractivity contribution >= 4 is 44.8 Å². The third kappa shape index (κ3) is 7.34. The van der Waals surface area contributed by atoms with E-state index in [1.807, 2.05) is 13.0 Å². The van der Waals surface area contributed by atoms with Crippen molar-refractivity contribution in [1.82, 2.24) is 5.43 Å². The number of nitrogens with one attached hydrogen (secondary N) is 2. The highest BCUT2D eigenvalue weighted by atomic mass is 79.9. The smallest absolute Gasteiger partial charge is 0.277 e. The molecular formula is C19H19BrN4O5. The first kappa shape index (κ1) is 22.0. The van der Waals surface area contributed by atoms with Gasteiger partial charge < -0.3 is 10.1 Å². The van der Waals surface area contributed by atoms with Crippen LogP contribution in [0.25, 0.3) is 0 Å². The van der Waals surface area contributed by atoms with E-state index in [4.69, 9.17) is 4.74 Å². The highest BCUT2D eigenvalue weighted by Crippen LogP contribution is 2.21. The molecule has 0 atom stereocenters. The zero-order valence-electron chi connectivity index (χ0n) is 15.8. The molecule has 0 saturated carbocycles. The van der Waals surface area contributed by atoms with Gasteiger partial charge in [-0.15, -0.1) is 0 Å². The van der Waals surface area contributed by atoms with Crippen molar-refractivity contribution in [2.24, 2.45) is 5.10 Å². The van der Waals surface area contributed by atoms with Crippen molar-refractivity contribution in [2.75, 3.05) is 11.9 Å². The number of anilines is 1. The number of hydrogen-bond donors (Lipinski definition) is 2. The Labute approximate surface area is 175 Å². The van der Waals surface area contributed by atoms with Crippen LogP contribution in [0.15, 0.2) is 52.0 Å². The average Bonchev–Trinajstić information content (AvgIpc) is 2.67. The van der Waals surface area contributed by atoms with E-state index in [9.17, 15) is 19.7 Å². The molecule has 2 N–H and O–H groups in total. The van der Waals surface area contributed by atoms with Crippen molar-refractivity contribution < 1.29 is 19.2 Å². The molecule has 0 spiro atoms. The Morgan fingerprint density at radius 2 is 1.97 bits per heavy atom. The van der Waals surface area contributed by atoms with Crippen molar-refractivity contribution in [3.63, 3.8) is 0 Å². The van der Waals surface area contributed by atoms with E-state index >= 15 is 0 Å². The molecular weight excluding hydrogens is 444 g/mol. The Hall–Kier alpha value is -3.27. The molecule has 0 aromatic heterocycles. The SMILES string of the molecule is C/C(CC(=O)Nc1cccc([N+](=O)[O-])c1)=N/NC(=O)COc1ccc(Br)c(C)c1. The molecule has 0 aliphatic heterocycles. The minimum absolute atomic E-state index is 0.0876. The molecule has 0 bridgehead atoms. The van der Waals surface area contributed by atoms with Crippen LogP contribution in [0.5, 0.6) is 5.75 Å². The molecule has 2 aromatic rings. The van der Waals surface area contributed by atoms with Gasteiger partial charge in [0.2, 0.25) is 5.91 Å². The molecule has 0 aliphatic carbocycles. The van der Waals surface area contributed by atoms with Crippen LogP contribution >= 0.6 is 15.9 Å². The number of ether oxygens (including phenoxy) is 1. The maximum Gasteiger partial charge on any atom is 0.277 e. The van der Waals surface area contributed by atoms with Crippen LogP contribution in [0.4, 0.5) is 11.4 Å². The van der Waals surface area contributed by atoms with E-state index < -0.39 is 16.7 Å². The molecule has 2 aromatic carbocycles. The van der Waals surface area contributed by atoms with Crippen molar-refractivity contribution in [3.05, 3.63) is 62.6 Å². The van der Waals surface area contributed by atoms with E-state index in [0.29, 0.717) is 17.1 Å². The number of hydrogen-bond acceptors (Lipinski definition) is 6. The summed E-state index contributed by atoms with van der Waals surface area (Å²) in [5, 5.41) is 17.2. The van der Waals surface area contributed by atoms with E-state index in [0.717, 1.165) is 10.0 Å². The second kappa shape index (κ2) is 10.3. The number of non-ortho nitro benzene ring substituents is 1. The van der Waals surface area contributed by atoms with Gasteiger partial charge in [0.1, 0.15) is 5.75 Å². The minimum atomic E-state index is -0.546. The van der Waals surface area contributed by atoms with Gasteiger partial charge >= 0.3 is 0 Å². The summed E-state index contributed by atoms with van der Waals surface area (Å²) in [6.07, 6.45) is -0.0876. The Morgan fingerprint density at radius 3 is 2.66 bits per heavy atom. The van der Waals surface area contributed by atoms with Crippen LogP contribution in [0.1, 0.15) is 18.9 Å². The van der Waals surface area contributed by atoms with Crippen molar-refractivity contribution in [3.8, 4) is 5.75 Å². The fraction of sp³-hybridized carbons (Fsp3) is 0.211. The number of benzene rings is 2. The lowest BCUT2D eigenvalue weighted by Crippen LogP contribution is -2.26. The summed E-state index contributed by atoms with van der Waals surface area (Å²) in [7, 11) is 0. The Bertz CT molecular complexity index is 961. The molecule has 0 saturated heterocycles. The predicted molar refractivity (Wildman–Crippen MR) is 112 cm³/mol. The van der Waals surface area contributed by atoms with E-state index in [2.05, 4.69) is 31.8 Å². The number of rotatable bonds is 8. The number of nitro benzene ring substituents is 1. The lowest BCUT2D eigenvalue weighted by Gasteiger charge is -2.08. The van der Waals surface area contributed by atoms with Gasteiger partial charge in [-0.3, -0.25) is 19.7 Å². The fourth-order valence-electron chi connectivity index (χ4n) is 2.22. The third-order valence-electron chi connectivity index (χ3n) is 3.63. The van der Waals surface area contributed by atoms with Gasteiger partial charge in [-0.05, 0) is 43.7 Å². The van der Waals surface area contributed by atoms with Crippen LogP contribution in [-0.2, 0) is 9.59 Å². The van der Waals surface area contributed by atoms with Gasteiger partial charge in [-0.1, -0.05) is 22.0 Å². The number of nitro groups is 1. The monoisotopic (exact) mass is 462 g/mol. The standard InChI is InChI=1S/C19H19BrN4O5/c1-12-8-16(6-7-17(12)20)29-11-19(26)23-22-13(2)9-18(25)21-14-4-3-5-15(10-14)24(27)28/h3-8,10H,9,11H2,1-2H3,(H,21,25)(H,23,26)/b22-13-. The zero-order valence-corrected chi connectivity index (χ0v) is 17.4. The normalized spacial score (nSPS) is 10.9. The van der Waals surface area contributed by atoms with Gasteiger partial charge in [0.15, 0.2) is 6.61 Å². The number of aryl methyl sites for hydroxylation is 1. The first-order chi connectivity index (χ1) is 13.7. The maximum absolute atomic E-state index is 12.0. The maximum atomic E-state index is 12.0.